The molecule has 0 amide bonds. The Morgan fingerprint density at radius 2 is 2.35 bits per heavy atom. The molecule has 1 atom stereocenters. The average molecular weight is 238 g/mol. The number of halogens is 1. The molecule has 2 rings (SSSR count). The van der Waals surface area contributed by atoms with E-state index in [4.69, 9.17) is 9.84 Å². The van der Waals surface area contributed by atoms with Gasteiger partial charge in [0.2, 0.25) is 0 Å². The van der Waals surface area contributed by atoms with Crippen molar-refractivity contribution in [2.75, 3.05) is 6.61 Å². The number of carbonyl (C=O) groups is 1. The molecular formula is C13H15FO3. The molecule has 1 aliphatic heterocycles. The van der Waals surface area contributed by atoms with Gasteiger partial charge in [-0.05, 0) is 30.9 Å². The third kappa shape index (κ3) is 2.40. The zero-order valence-corrected chi connectivity index (χ0v) is 9.70. The molecule has 0 saturated heterocycles. The first-order chi connectivity index (χ1) is 8.09. The van der Waals surface area contributed by atoms with Gasteiger partial charge in [-0.1, -0.05) is 13.0 Å². The molecule has 3 nitrogen and oxygen atoms in total. The Labute approximate surface area is 99.2 Å². The molecule has 17 heavy (non-hydrogen) atoms. The Hall–Kier alpha value is -1.58. The van der Waals surface area contributed by atoms with E-state index >= 15 is 0 Å². The predicted molar refractivity (Wildman–Crippen MR) is 60.7 cm³/mol. The van der Waals surface area contributed by atoms with E-state index in [0.29, 0.717) is 17.9 Å². The minimum absolute atomic E-state index is 0.171. The Kier molecular flexibility index (Phi) is 3.31. The van der Waals surface area contributed by atoms with Gasteiger partial charge in [-0.3, -0.25) is 4.79 Å². The summed E-state index contributed by atoms with van der Waals surface area (Å²) >= 11 is 0. The monoisotopic (exact) mass is 238 g/mol. The Morgan fingerprint density at radius 3 is 3.06 bits per heavy atom. The number of hydrogen-bond acceptors (Lipinski definition) is 2. The second-order valence-corrected chi connectivity index (χ2v) is 4.41. The molecule has 1 unspecified atom stereocenters. The fraction of sp³-hybridized carbons (Fsp3) is 0.462. The summed E-state index contributed by atoms with van der Waals surface area (Å²) in [6, 6.07) is 3.12. The van der Waals surface area contributed by atoms with Crippen LogP contribution in [0.3, 0.4) is 0 Å². The standard InChI is InChI=1S/C13H15FO3/c1-8(13(15)16)7-10-11(14)5-4-9-3-2-6-17-12(9)10/h4-5,8H,2-3,6-7H2,1H3,(H,15,16). The second kappa shape index (κ2) is 4.73. The summed E-state index contributed by atoms with van der Waals surface area (Å²) in [4.78, 5) is 10.8. The number of aryl methyl sites for hydroxylation is 1. The van der Waals surface area contributed by atoms with Crippen LogP contribution in [0.25, 0.3) is 0 Å². The third-order valence-corrected chi connectivity index (χ3v) is 3.05. The summed E-state index contributed by atoms with van der Waals surface area (Å²) in [6.07, 6.45) is 1.96. The molecule has 0 spiro atoms. The number of hydrogen-bond donors (Lipinski definition) is 1. The van der Waals surface area contributed by atoms with Crippen molar-refractivity contribution in [3.05, 3.63) is 29.1 Å². The molecule has 4 heteroatoms. The van der Waals surface area contributed by atoms with Gasteiger partial charge in [0.25, 0.3) is 0 Å². The van der Waals surface area contributed by atoms with Crippen molar-refractivity contribution in [3.63, 3.8) is 0 Å². The molecule has 1 aliphatic rings. The topological polar surface area (TPSA) is 46.5 Å². The number of benzene rings is 1. The predicted octanol–water partition coefficient (Wildman–Crippen LogP) is 2.41. The molecule has 0 saturated carbocycles. The van der Waals surface area contributed by atoms with Gasteiger partial charge in [-0.25, -0.2) is 4.39 Å². The lowest BCUT2D eigenvalue weighted by molar-refractivity contribution is -0.141. The molecule has 1 N–H and O–H groups in total. The van der Waals surface area contributed by atoms with E-state index in [9.17, 15) is 9.18 Å². The van der Waals surface area contributed by atoms with E-state index in [0.717, 1.165) is 18.4 Å². The molecular weight excluding hydrogens is 223 g/mol. The normalized spacial score (nSPS) is 15.9. The minimum Gasteiger partial charge on any atom is -0.493 e. The van der Waals surface area contributed by atoms with Gasteiger partial charge in [-0.2, -0.15) is 0 Å². The lowest BCUT2D eigenvalue weighted by atomic mass is 9.95. The van der Waals surface area contributed by atoms with E-state index < -0.39 is 11.9 Å². The summed E-state index contributed by atoms with van der Waals surface area (Å²) in [6.45, 7) is 2.15. The highest BCUT2D eigenvalue weighted by atomic mass is 19.1. The van der Waals surface area contributed by atoms with Crippen LogP contribution in [-0.2, 0) is 17.6 Å². The van der Waals surface area contributed by atoms with Crippen molar-refractivity contribution in [1.82, 2.24) is 0 Å². The summed E-state index contributed by atoms with van der Waals surface area (Å²) in [5.74, 6) is -1.34. The van der Waals surface area contributed by atoms with Crippen LogP contribution in [0.2, 0.25) is 0 Å². The van der Waals surface area contributed by atoms with E-state index in [1.165, 1.54) is 6.07 Å². The van der Waals surface area contributed by atoms with Crippen LogP contribution in [0.1, 0.15) is 24.5 Å². The van der Waals surface area contributed by atoms with E-state index in [-0.39, 0.29) is 12.2 Å². The van der Waals surface area contributed by atoms with Crippen molar-refractivity contribution >= 4 is 5.97 Å². The van der Waals surface area contributed by atoms with Crippen LogP contribution >= 0.6 is 0 Å². The van der Waals surface area contributed by atoms with Gasteiger partial charge in [-0.15, -0.1) is 0 Å². The van der Waals surface area contributed by atoms with Crippen LogP contribution in [0, 0.1) is 11.7 Å². The van der Waals surface area contributed by atoms with Crippen LogP contribution in [0.4, 0.5) is 4.39 Å². The van der Waals surface area contributed by atoms with Gasteiger partial charge in [0.05, 0.1) is 12.5 Å². The average Bonchev–Trinajstić information content (AvgIpc) is 2.32. The lowest BCUT2D eigenvalue weighted by Crippen LogP contribution is -2.17. The quantitative estimate of drug-likeness (QED) is 0.879. The molecule has 92 valence electrons. The molecule has 0 bridgehead atoms. The number of ether oxygens (including phenoxy) is 1. The van der Waals surface area contributed by atoms with E-state index in [1.807, 2.05) is 0 Å². The SMILES string of the molecule is CC(Cc1c(F)ccc2c1OCCC2)C(=O)O. The van der Waals surface area contributed by atoms with Crippen molar-refractivity contribution in [1.29, 1.82) is 0 Å². The Balaban J connectivity index is 2.34. The van der Waals surface area contributed by atoms with Crippen LogP contribution in [0.5, 0.6) is 5.75 Å². The maximum atomic E-state index is 13.7. The molecule has 0 aliphatic carbocycles. The van der Waals surface area contributed by atoms with Crippen LogP contribution < -0.4 is 4.74 Å². The fourth-order valence-corrected chi connectivity index (χ4v) is 2.05. The van der Waals surface area contributed by atoms with Gasteiger partial charge >= 0.3 is 5.97 Å². The summed E-state index contributed by atoms with van der Waals surface area (Å²) in [5.41, 5.74) is 1.38. The van der Waals surface area contributed by atoms with Crippen LogP contribution in [-0.4, -0.2) is 17.7 Å². The van der Waals surface area contributed by atoms with E-state index in [2.05, 4.69) is 0 Å². The van der Waals surface area contributed by atoms with Gasteiger partial charge in [0.1, 0.15) is 11.6 Å². The zero-order valence-electron chi connectivity index (χ0n) is 9.70. The summed E-state index contributed by atoms with van der Waals surface area (Å²) in [7, 11) is 0. The molecule has 0 fully saturated rings. The Bertz CT molecular complexity index is 443. The van der Waals surface area contributed by atoms with Crippen LogP contribution in [0.15, 0.2) is 12.1 Å². The highest BCUT2D eigenvalue weighted by Crippen LogP contribution is 2.32. The number of aliphatic carboxylic acids is 1. The zero-order chi connectivity index (χ0) is 12.4. The number of carboxylic acids is 1. The van der Waals surface area contributed by atoms with Crippen molar-refractivity contribution in [2.45, 2.75) is 26.2 Å². The maximum absolute atomic E-state index is 13.7. The van der Waals surface area contributed by atoms with Crippen molar-refractivity contribution < 1.29 is 19.0 Å². The highest BCUT2D eigenvalue weighted by Gasteiger charge is 2.22. The van der Waals surface area contributed by atoms with Crippen molar-refractivity contribution in [3.8, 4) is 5.75 Å². The Morgan fingerprint density at radius 1 is 1.59 bits per heavy atom. The first-order valence-corrected chi connectivity index (χ1v) is 5.75. The number of fused-ring (bicyclic) bond motifs is 1. The molecule has 0 radical (unpaired) electrons. The first kappa shape index (κ1) is 11.9. The van der Waals surface area contributed by atoms with Crippen molar-refractivity contribution in [2.24, 2.45) is 5.92 Å². The lowest BCUT2D eigenvalue weighted by Gasteiger charge is -2.21. The second-order valence-electron chi connectivity index (χ2n) is 4.41. The molecule has 1 aromatic rings. The van der Waals surface area contributed by atoms with Gasteiger partial charge < -0.3 is 9.84 Å². The smallest absolute Gasteiger partial charge is 0.306 e. The largest absolute Gasteiger partial charge is 0.493 e. The first-order valence-electron chi connectivity index (χ1n) is 5.75. The minimum atomic E-state index is -0.919. The molecule has 0 aromatic heterocycles. The maximum Gasteiger partial charge on any atom is 0.306 e. The molecule has 1 aromatic carbocycles. The summed E-state index contributed by atoms with van der Waals surface area (Å²) in [5, 5.41) is 8.88. The summed E-state index contributed by atoms with van der Waals surface area (Å²) < 4.78 is 19.2. The highest BCUT2D eigenvalue weighted by molar-refractivity contribution is 5.70. The van der Waals surface area contributed by atoms with Gasteiger partial charge in [0, 0.05) is 5.56 Å². The number of carboxylic acid groups (broad SMARTS) is 1. The molecule has 1 heterocycles. The third-order valence-electron chi connectivity index (χ3n) is 3.05. The fourth-order valence-electron chi connectivity index (χ4n) is 2.05. The van der Waals surface area contributed by atoms with Gasteiger partial charge in [0.15, 0.2) is 0 Å². The number of rotatable bonds is 3. The van der Waals surface area contributed by atoms with E-state index in [1.54, 1.807) is 13.0 Å².